The second-order valence-corrected chi connectivity index (χ2v) is 1.45. The Morgan fingerprint density at radius 3 is 2.75 bits per heavy atom. The summed E-state index contributed by atoms with van der Waals surface area (Å²) in [7, 11) is 0. The lowest BCUT2D eigenvalue weighted by atomic mass is 10.6. The molecule has 0 bridgehead atoms. The third kappa shape index (κ3) is 5.14. The smallest absolute Gasteiger partial charge is 0.119 e. The molecular formula is C5H11N3. The van der Waals surface area contributed by atoms with Crippen molar-refractivity contribution in [2.45, 2.75) is 20.3 Å². The number of hydrogen-bond donors (Lipinski definition) is 1. The molecule has 3 nitrogen and oxygen atoms in total. The fraction of sp³-hybridized carbons (Fsp3) is 0.600. The van der Waals surface area contributed by atoms with Crippen LogP contribution in [0.15, 0.2) is 10.2 Å². The molecule has 0 aliphatic rings. The Morgan fingerprint density at radius 1 is 1.75 bits per heavy atom. The molecule has 0 aromatic heterocycles. The third-order valence-corrected chi connectivity index (χ3v) is 0.480. The first kappa shape index (κ1) is 7.14. The Bertz CT molecular complexity index is 100. The zero-order chi connectivity index (χ0) is 6.41. The number of nitrogens with zero attached hydrogens (tertiary/aromatic N) is 2. The predicted molar refractivity (Wildman–Crippen MR) is 36.1 cm³/mol. The van der Waals surface area contributed by atoms with Gasteiger partial charge in [-0.25, -0.2) is 0 Å². The molecule has 8 heavy (non-hydrogen) atoms. The largest absolute Gasteiger partial charge is 0.386 e. The average Bonchev–Trinajstić information content (AvgIpc) is 1.66. The molecule has 0 saturated heterocycles. The van der Waals surface area contributed by atoms with E-state index in [-0.39, 0.29) is 0 Å². The van der Waals surface area contributed by atoms with Gasteiger partial charge in [0.25, 0.3) is 0 Å². The summed E-state index contributed by atoms with van der Waals surface area (Å²) in [5.41, 5.74) is 5.17. The van der Waals surface area contributed by atoms with Gasteiger partial charge in [-0.2, -0.15) is 5.10 Å². The first-order valence-corrected chi connectivity index (χ1v) is 2.59. The van der Waals surface area contributed by atoms with E-state index in [0.717, 1.165) is 6.42 Å². The van der Waals surface area contributed by atoms with Gasteiger partial charge in [-0.15, -0.1) is 5.10 Å². The SMILES string of the molecule is CC/C=N/N=C(C)N. The second kappa shape index (κ2) is 4.30. The maximum Gasteiger partial charge on any atom is 0.119 e. The van der Waals surface area contributed by atoms with Crippen molar-refractivity contribution in [3.63, 3.8) is 0 Å². The molecule has 0 aromatic carbocycles. The molecule has 0 aliphatic heterocycles. The van der Waals surface area contributed by atoms with Gasteiger partial charge in [0.1, 0.15) is 5.84 Å². The third-order valence-electron chi connectivity index (χ3n) is 0.480. The van der Waals surface area contributed by atoms with E-state index in [2.05, 4.69) is 10.2 Å². The molecule has 0 saturated carbocycles. The molecule has 0 radical (unpaired) electrons. The van der Waals surface area contributed by atoms with Crippen molar-refractivity contribution in [2.75, 3.05) is 0 Å². The van der Waals surface area contributed by atoms with Gasteiger partial charge in [-0.3, -0.25) is 0 Å². The molecular weight excluding hydrogens is 102 g/mol. The Labute approximate surface area is 49.3 Å². The van der Waals surface area contributed by atoms with Crippen LogP contribution in [0.3, 0.4) is 0 Å². The van der Waals surface area contributed by atoms with Gasteiger partial charge in [0.15, 0.2) is 0 Å². The van der Waals surface area contributed by atoms with Crippen molar-refractivity contribution in [1.29, 1.82) is 0 Å². The minimum atomic E-state index is 0.495. The lowest BCUT2D eigenvalue weighted by Crippen LogP contribution is -2.03. The van der Waals surface area contributed by atoms with E-state index >= 15 is 0 Å². The van der Waals surface area contributed by atoms with Gasteiger partial charge >= 0.3 is 0 Å². The Morgan fingerprint density at radius 2 is 2.38 bits per heavy atom. The number of rotatable bonds is 2. The Balaban J connectivity index is 3.42. The zero-order valence-corrected chi connectivity index (χ0v) is 5.26. The summed E-state index contributed by atoms with van der Waals surface area (Å²) >= 11 is 0. The molecule has 46 valence electrons. The van der Waals surface area contributed by atoms with Crippen LogP contribution in [-0.2, 0) is 0 Å². The van der Waals surface area contributed by atoms with Gasteiger partial charge in [0.2, 0.25) is 0 Å². The van der Waals surface area contributed by atoms with Crippen molar-refractivity contribution in [1.82, 2.24) is 0 Å². The Kier molecular flexibility index (Phi) is 3.84. The van der Waals surface area contributed by atoms with Crippen LogP contribution in [-0.4, -0.2) is 12.1 Å². The van der Waals surface area contributed by atoms with Crippen LogP contribution in [0.25, 0.3) is 0 Å². The molecule has 3 heteroatoms. The van der Waals surface area contributed by atoms with E-state index in [1.165, 1.54) is 0 Å². The van der Waals surface area contributed by atoms with Crippen molar-refractivity contribution in [2.24, 2.45) is 15.9 Å². The fourth-order valence-electron chi connectivity index (χ4n) is 0.214. The van der Waals surface area contributed by atoms with E-state index < -0.39 is 0 Å². The molecule has 0 aromatic rings. The van der Waals surface area contributed by atoms with Gasteiger partial charge in [0.05, 0.1) is 0 Å². The van der Waals surface area contributed by atoms with E-state index in [0.29, 0.717) is 5.84 Å². The molecule has 0 aliphatic carbocycles. The van der Waals surface area contributed by atoms with Crippen LogP contribution in [0.2, 0.25) is 0 Å². The summed E-state index contributed by atoms with van der Waals surface area (Å²) in [6.45, 7) is 3.69. The summed E-state index contributed by atoms with van der Waals surface area (Å²) in [5.74, 6) is 0.495. The maximum absolute atomic E-state index is 5.17. The fourth-order valence-corrected chi connectivity index (χ4v) is 0.214. The number of nitrogens with two attached hydrogens (primary N) is 1. The molecule has 0 spiro atoms. The van der Waals surface area contributed by atoms with Crippen molar-refractivity contribution < 1.29 is 0 Å². The predicted octanol–water partition coefficient (Wildman–Crippen LogP) is 0.759. The number of amidine groups is 1. The average molecular weight is 113 g/mol. The van der Waals surface area contributed by atoms with Crippen molar-refractivity contribution in [3.05, 3.63) is 0 Å². The highest BCUT2D eigenvalue weighted by atomic mass is 15.2. The van der Waals surface area contributed by atoms with Crippen LogP contribution in [0.4, 0.5) is 0 Å². The van der Waals surface area contributed by atoms with Gasteiger partial charge < -0.3 is 5.73 Å². The Hall–Kier alpha value is -0.860. The molecule has 0 unspecified atom stereocenters. The first-order valence-electron chi connectivity index (χ1n) is 2.59. The second-order valence-electron chi connectivity index (χ2n) is 1.45. The zero-order valence-electron chi connectivity index (χ0n) is 5.26. The molecule has 0 rings (SSSR count). The summed E-state index contributed by atoms with van der Waals surface area (Å²) in [6, 6.07) is 0. The van der Waals surface area contributed by atoms with Crippen molar-refractivity contribution in [3.8, 4) is 0 Å². The van der Waals surface area contributed by atoms with E-state index in [4.69, 9.17) is 5.73 Å². The maximum atomic E-state index is 5.17. The number of hydrogen-bond acceptors (Lipinski definition) is 2. The minimum absolute atomic E-state index is 0.495. The summed E-state index contributed by atoms with van der Waals surface area (Å²) in [6.07, 6.45) is 2.60. The first-order chi connectivity index (χ1) is 3.77. The lowest BCUT2D eigenvalue weighted by molar-refractivity contribution is 1.19. The standard InChI is InChI=1S/C5H11N3/c1-3-4-7-8-5(2)6/h4H,3H2,1-2H3,(H2,6,8)/b7-4+. The van der Waals surface area contributed by atoms with Crippen LogP contribution in [0.1, 0.15) is 20.3 Å². The van der Waals surface area contributed by atoms with Gasteiger partial charge in [-0.05, 0) is 13.3 Å². The quantitative estimate of drug-likeness (QED) is 0.321. The van der Waals surface area contributed by atoms with E-state index in [1.54, 1.807) is 13.1 Å². The molecule has 0 fully saturated rings. The van der Waals surface area contributed by atoms with Crippen LogP contribution in [0, 0.1) is 0 Å². The molecule has 0 amide bonds. The minimum Gasteiger partial charge on any atom is -0.386 e. The summed E-state index contributed by atoms with van der Waals surface area (Å²) in [5, 5.41) is 7.21. The van der Waals surface area contributed by atoms with Crippen LogP contribution in [0.5, 0.6) is 0 Å². The normalized spacial score (nSPS) is 13.0. The van der Waals surface area contributed by atoms with Gasteiger partial charge in [0, 0.05) is 6.21 Å². The van der Waals surface area contributed by atoms with E-state index in [9.17, 15) is 0 Å². The van der Waals surface area contributed by atoms with E-state index in [1.807, 2.05) is 6.92 Å². The monoisotopic (exact) mass is 113 g/mol. The molecule has 2 N–H and O–H groups in total. The summed E-state index contributed by atoms with van der Waals surface area (Å²) < 4.78 is 0. The van der Waals surface area contributed by atoms with Crippen LogP contribution >= 0.6 is 0 Å². The topological polar surface area (TPSA) is 50.7 Å². The molecule has 0 heterocycles. The lowest BCUT2D eigenvalue weighted by Gasteiger charge is -1.80. The summed E-state index contributed by atoms with van der Waals surface area (Å²) in [4.78, 5) is 0. The highest BCUT2D eigenvalue weighted by molar-refractivity contribution is 5.77. The molecule has 0 atom stereocenters. The van der Waals surface area contributed by atoms with Crippen LogP contribution < -0.4 is 5.73 Å². The van der Waals surface area contributed by atoms with Crippen molar-refractivity contribution >= 4 is 12.1 Å². The van der Waals surface area contributed by atoms with Gasteiger partial charge in [-0.1, -0.05) is 6.92 Å². The highest BCUT2D eigenvalue weighted by Gasteiger charge is 1.69. The highest BCUT2D eigenvalue weighted by Crippen LogP contribution is 1.72.